The summed E-state index contributed by atoms with van der Waals surface area (Å²) in [6, 6.07) is 0.457. The fraction of sp³-hybridized carbons (Fsp3) is 0.636. The Hall–Kier alpha value is -1.30. The van der Waals surface area contributed by atoms with E-state index in [0.717, 1.165) is 11.4 Å². The van der Waals surface area contributed by atoms with Crippen LogP contribution < -0.4 is 11.1 Å². The Labute approximate surface area is 105 Å². The maximum absolute atomic E-state index is 11.5. The monoisotopic (exact) mass is 255 g/mol. The number of carbonyl (C=O) groups excluding carboxylic acids is 1. The van der Waals surface area contributed by atoms with E-state index >= 15 is 0 Å². The second-order valence-corrected chi connectivity index (χ2v) is 5.07. The van der Waals surface area contributed by atoms with Crippen LogP contribution in [0.3, 0.4) is 0 Å². The summed E-state index contributed by atoms with van der Waals surface area (Å²) in [5.41, 5.74) is 6.04. The van der Waals surface area contributed by atoms with Crippen LogP contribution in [0, 0.1) is 5.92 Å². The molecule has 6 heteroatoms. The van der Waals surface area contributed by atoms with Gasteiger partial charge >= 0.3 is 5.97 Å². The van der Waals surface area contributed by atoms with Crippen molar-refractivity contribution in [2.24, 2.45) is 5.92 Å². The molecule has 2 rings (SSSR count). The number of anilines is 2. The van der Waals surface area contributed by atoms with Gasteiger partial charge in [0.25, 0.3) is 0 Å². The third-order valence-electron chi connectivity index (χ3n) is 3.01. The van der Waals surface area contributed by atoms with Crippen LogP contribution in [-0.4, -0.2) is 23.5 Å². The molecule has 5 nitrogen and oxygen atoms in total. The Kier molecular flexibility index (Phi) is 3.51. The summed E-state index contributed by atoms with van der Waals surface area (Å²) < 4.78 is 8.69. The number of aromatic nitrogens is 1. The molecule has 17 heavy (non-hydrogen) atoms. The van der Waals surface area contributed by atoms with Crippen LogP contribution in [0.15, 0.2) is 0 Å². The molecule has 1 aliphatic carbocycles. The van der Waals surface area contributed by atoms with Crippen molar-refractivity contribution in [2.75, 3.05) is 18.2 Å². The highest BCUT2D eigenvalue weighted by Gasteiger charge is 2.37. The summed E-state index contributed by atoms with van der Waals surface area (Å²) >= 11 is 1.22. The Bertz CT molecular complexity index is 419. The quantitative estimate of drug-likeness (QED) is 0.788. The first kappa shape index (κ1) is 12.2. The average molecular weight is 255 g/mol. The molecule has 0 amide bonds. The van der Waals surface area contributed by atoms with Crippen molar-refractivity contribution in [1.29, 1.82) is 0 Å². The molecule has 0 saturated heterocycles. The van der Waals surface area contributed by atoms with Gasteiger partial charge < -0.3 is 15.8 Å². The van der Waals surface area contributed by atoms with Gasteiger partial charge in [-0.25, -0.2) is 4.79 Å². The lowest BCUT2D eigenvalue weighted by atomic mass is 10.2. The number of rotatable bonds is 5. The number of esters is 1. The molecule has 1 saturated carbocycles. The molecule has 0 aliphatic heterocycles. The van der Waals surface area contributed by atoms with Crippen LogP contribution in [-0.2, 0) is 4.74 Å². The van der Waals surface area contributed by atoms with Gasteiger partial charge in [-0.15, -0.1) is 0 Å². The summed E-state index contributed by atoms with van der Waals surface area (Å²) in [5.74, 6) is 0.539. The molecule has 1 aromatic rings. The highest BCUT2D eigenvalue weighted by molar-refractivity contribution is 7.11. The van der Waals surface area contributed by atoms with Crippen LogP contribution in [0.4, 0.5) is 10.8 Å². The average Bonchev–Trinajstić information content (AvgIpc) is 2.93. The number of nitrogens with zero attached hydrogens (tertiary/aromatic N) is 1. The van der Waals surface area contributed by atoms with Crippen molar-refractivity contribution in [3.8, 4) is 0 Å². The van der Waals surface area contributed by atoms with Gasteiger partial charge in [-0.3, -0.25) is 0 Å². The van der Waals surface area contributed by atoms with Crippen LogP contribution in [0.5, 0.6) is 0 Å². The van der Waals surface area contributed by atoms with E-state index in [1.54, 1.807) is 0 Å². The molecule has 0 bridgehead atoms. The number of hydrogen-bond donors (Lipinski definition) is 2. The largest absolute Gasteiger partial charge is 0.465 e. The number of nitrogens with one attached hydrogen (secondary N) is 1. The molecule has 0 aromatic carbocycles. The molecule has 0 radical (unpaired) electrons. The van der Waals surface area contributed by atoms with E-state index in [-0.39, 0.29) is 5.82 Å². The number of carbonyl (C=O) groups is 1. The molecule has 1 heterocycles. The van der Waals surface area contributed by atoms with Crippen molar-refractivity contribution >= 4 is 28.3 Å². The minimum Gasteiger partial charge on any atom is -0.465 e. The molecule has 1 aromatic heterocycles. The molecule has 2 unspecified atom stereocenters. The van der Waals surface area contributed by atoms with Crippen molar-refractivity contribution in [3.05, 3.63) is 5.56 Å². The van der Waals surface area contributed by atoms with Gasteiger partial charge in [0.05, 0.1) is 7.11 Å². The number of ether oxygens (including phenoxy) is 1. The first-order chi connectivity index (χ1) is 8.17. The molecule has 3 N–H and O–H groups in total. The normalized spacial score (nSPS) is 22.2. The zero-order valence-electron chi connectivity index (χ0n) is 10.0. The minimum atomic E-state index is -0.425. The highest BCUT2D eigenvalue weighted by Crippen LogP contribution is 2.39. The Morgan fingerprint density at radius 1 is 1.71 bits per heavy atom. The first-order valence-electron chi connectivity index (χ1n) is 5.77. The maximum Gasteiger partial charge on any atom is 0.344 e. The van der Waals surface area contributed by atoms with Crippen molar-refractivity contribution in [3.63, 3.8) is 0 Å². The van der Waals surface area contributed by atoms with Gasteiger partial charge in [0.2, 0.25) is 0 Å². The fourth-order valence-corrected chi connectivity index (χ4v) is 2.75. The number of nitrogens with two attached hydrogens (primary N) is 1. The Morgan fingerprint density at radius 2 is 2.47 bits per heavy atom. The van der Waals surface area contributed by atoms with Crippen LogP contribution in [0.25, 0.3) is 0 Å². The lowest BCUT2D eigenvalue weighted by Gasteiger charge is -2.05. The van der Waals surface area contributed by atoms with E-state index in [1.807, 2.05) is 0 Å². The van der Waals surface area contributed by atoms with E-state index in [1.165, 1.54) is 31.5 Å². The lowest BCUT2D eigenvalue weighted by molar-refractivity contribution is 0.0603. The van der Waals surface area contributed by atoms with Gasteiger partial charge in [0.1, 0.15) is 10.6 Å². The predicted molar refractivity (Wildman–Crippen MR) is 68.3 cm³/mol. The van der Waals surface area contributed by atoms with Gasteiger partial charge in [-0.2, -0.15) is 4.37 Å². The van der Waals surface area contributed by atoms with Gasteiger partial charge in [0, 0.05) is 6.04 Å². The fourth-order valence-electron chi connectivity index (χ4n) is 1.98. The van der Waals surface area contributed by atoms with Crippen molar-refractivity contribution < 1.29 is 9.53 Å². The number of nitrogen functional groups attached to an aromatic ring is 1. The second kappa shape index (κ2) is 4.91. The van der Waals surface area contributed by atoms with Gasteiger partial charge in [-0.1, -0.05) is 13.3 Å². The zero-order chi connectivity index (χ0) is 12.4. The van der Waals surface area contributed by atoms with Gasteiger partial charge in [0.15, 0.2) is 5.82 Å². The van der Waals surface area contributed by atoms with Crippen LogP contribution in [0.1, 0.15) is 36.5 Å². The molecule has 0 spiro atoms. The van der Waals surface area contributed by atoms with E-state index in [2.05, 4.69) is 16.6 Å². The van der Waals surface area contributed by atoms with E-state index < -0.39 is 5.97 Å². The SMILES string of the molecule is CCCC1CC1Nc1snc(N)c1C(=O)OC. The minimum absolute atomic E-state index is 0.247. The van der Waals surface area contributed by atoms with E-state index in [9.17, 15) is 4.79 Å². The van der Waals surface area contributed by atoms with E-state index in [4.69, 9.17) is 10.5 Å². The standard InChI is InChI=1S/C11H17N3O2S/c1-3-4-6-5-7(6)13-10-8(11(15)16-2)9(12)14-17-10/h6-7,13H,3-5H2,1-2H3,(H2,12,14). The number of hydrogen-bond acceptors (Lipinski definition) is 6. The second-order valence-electron chi connectivity index (χ2n) is 4.30. The maximum atomic E-state index is 11.5. The highest BCUT2D eigenvalue weighted by atomic mass is 32.1. The molecule has 94 valence electrons. The lowest BCUT2D eigenvalue weighted by Crippen LogP contribution is -2.10. The Balaban J connectivity index is 2.04. The third-order valence-corrected chi connectivity index (χ3v) is 3.80. The molecular weight excluding hydrogens is 238 g/mol. The zero-order valence-corrected chi connectivity index (χ0v) is 10.8. The third kappa shape index (κ3) is 2.52. The summed E-state index contributed by atoms with van der Waals surface area (Å²) in [6.45, 7) is 2.18. The summed E-state index contributed by atoms with van der Waals surface area (Å²) in [4.78, 5) is 11.5. The topological polar surface area (TPSA) is 77.2 Å². The molecule has 1 fully saturated rings. The molecular formula is C11H17N3O2S. The Morgan fingerprint density at radius 3 is 3.12 bits per heavy atom. The molecule has 2 atom stereocenters. The van der Waals surface area contributed by atoms with Crippen molar-refractivity contribution in [2.45, 2.75) is 32.2 Å². The van der Waals surface area contributed by atoms with Gasteiger partial charge in [-0.05, 0) is 30.3 Å². The first-order valence-corrected chi connectivity index (χ1v) is 6.54. The molecule has 1 aliphatic rings. The van der Waals surface area contributed by atoms with Crippen LogP contribution >= 0.6 is 11.5 Å². The smallest absolute Gasteiger partial charge is 0.344 e. The van der Waals surface area contributed by atoms with Crippen LogP contribution in [0.2, 0.25) is 0 Å². The summed E-state index contributed by atoms with van der Waals surface area (Å²) in [5, 5.41) is 4.06. The summed E-state index contributed by atoms with van der Waals surface area (Å²) in [7, 11) is 1.35. The van der Waals surface area contributed by atoms with Crippen molar-refractivity contribution in [1.82, 2.24) is 4.37 Å². The van der Waals surface area contributed by atoms with E-state index in [0.29, 0.717) is 17.5 Å². The summed E-state index contributed by atoms with van der Waals surface area (Å²) in [6.07, 6.45) is 3.57. The number of methoxy groups -OCH3 is 1. The predicted octanol–water partition coefficient (Wildman–Crippen LogP) is 2.11.